The number of thiophene rings is 1. The van der Waals surface area contributed by atoms with E-state index in [0.717, 1.165) is 29.1 Å². The van der Waals surface area contributed by atoms with Gasteiger partial charge in [0.05, 0.1) is 23.9 Å². The molecule has 3 N–H and O–H groups in total. The number of H-pyrrole nitrogens is 2. The van der Waals surface area contributed by atoms with Crippen molar-refractivity contribution in [2.24, 2.45) is 0 Å². The van der Waals surface area contributed by atoms with E-state index in [0.29, 0.717) is 29.1 Å². The van der Waals surface area contributed by atoms with E-state index in [9.17, 15) is 9.90 Å². The van der Waals surface area contributed by atoms with E-state index in [4.69, 9.17) is 0 Å². The Balaban J connectivity index is 1.67. The first-order chi connectivity index (χ1) is 11.4. The van der Waals surface area contributed by atoms with Crippen molar-refractivity contribution >= 4 is 21.6 Å². The van der Waals surface area contributed by atoms with Gasteiger partial charge in [0.1, 0.15) is 10.5 Å². The maximum absolute atomic E-state index is 12.4. The molecule has 1 aliphatic rings. The average Bonchev–Trinajstić information content (AvgIpc) is 3.18. The molecule has 4 rings (SSSR count). The monoisotopic (exact) mass is 345 g/mol. The number of hydrogen-bond donors (Lipinski definition) is 3. The second-order valence-electron chi connectivity index (χ2n) is 6.70. The van der Waals surface area contributed by atoms with E-state index < -0.39 is 5.60 Å². The fraction of sp³-hybridized carbons (Fsp3) is 0.438. The molecule has 3 aromatic rings. The fourth-order valence-corrected chi connectivity index (χ4v) is 4.24. The minimum absolute atomic E-state index is 0.113. The van der Waals surface area contributed by atoms with E-state index in [1.165, 1.54) is 11.3 Å². The van der Waals surface area contributed by atoms with Crippen LogP contribution in [0.2, 0.25) is 0 Å². The third kappa shape index (κ3) is 2.77. The van der Waals surface area contributed by atoms with E-state index in [2.05, 4.69) is 25.1 Å². The van der Waals surface area contributed by atoms with Gasteiger partial charge in [0.25, 0.3) is 5.56 Å². The first-order valence-electron chi connectivity index (χ1n) is 7.89. The topological polar surface area (TPSA) is 97.9 Å². The quantitative estimate of drug-likeness (QED) is 0.670. The summed E-state index contributed by atoms with van der Waals surface area (Å²) in [6, 6.07) is 1.94. The number of aromatic nitrogens is 4. The number of nitrogens with zero attached hydrogens (tertiary/aromatic N) is 3. The van der Waals surface area contributed by atoms with Gasteiger partial charge in [-0.1, -0.05) is 0 Å². The Kier molecular flexibility index (Phi) is 3.56. The molecule has 1 saturated heterocycles. The van der Waals surface area contributed by atoms with Crippen molar-refractivity contribution in [2.75, 3.05) is 13.1 Å². The SMILES string of the molecule is Cc1[nH]ncc1-c1cc2nc(CN3CCC(C)(O)C3)[nH]c(=O)c2s1. The molecule has 0 amide bonds. The van der Waals surface area contributed by atoms with Gasteiger partial charge in [0.15, 0.2) is 0 Å². The predicted octanol–water partition coefficient (Wildman–Crippen LogP) is 1.64. The van der Waals surface area contributed by atoms with E-state index >= 15 is 0 Å². The van der Waals surface area contributed by atoms with Crippen molar-refractivity contribution in [2.45, 2.75) is 32.4 Å². The number of nitrogens with one attached hydrogen (secondary N) is 2. The molecule has 4 heterocycles. The molecule has 1 atom stereocenters. The predicted molar refractivity (Wildman–Crippen MR) is 93.1 cm³/mol. The van der Waals surface area contributed by atoms with E-state index in [1.807, 2.05) is 19.9 Å². The molecule has 126 valence electrons. The Morgan fingerprint density at radius 1 is 1.50 bits per heavy atom. The number of likely N-dealkylation sites (tertiary alicyclic amines) is 1. The normalized spacial score (nSPS) is 21.8. The van der Waals surface area contributed by atoms with Crippen LogP contribution in [0.25, 0.3) is 20.7 Å². The molecule has 7 nitrogen and oxygen atoms in total. The van der Waals surface area contributed by atoms with Gasteiger partial charge in [0.2, 0.25) is 0 Å². The lowest BCUT2D eigenvalue weighted by atomic mass is 10.1. The van der Waals surface area contributed by atoms with Crippen LogP contribution in [0.15, 0.2) is 17.1 Å². The fourth-order valence-electron chi connectivity index (χ4n) is 3.18. The smallest absolute Gasteiger partial charge is 0.268 e. The molecule has 1 fully saturated rings. The minimum atomic E-state index is -0.654. The van der Waals surface area contributed by atoms with Gasteiger partial charge in [-0.15, -0.1) is 11.3 Å². The molecular formula is C16H19N5O2S. The summed E-state index contributed by atoms with van der Waals surface area (Å²) in [5.41, 5.74) is 1.91. The molecule has 0 saturated carbocycles. The molecule has 3 aromatic heterocycles. The van der Waals surface area contributed by atoms with Crippen LogP contribution in [0.3, 0.4) is 0 Å². The van der Waals surface area contributed by atoms with Crippen molar-refractivity contribution in [1.82, 2.24) is 25.1 Å². The molecule has 0 spiro atoms. The third-order valence-corrected chi connectivity index (χ3v) is 5.59. The Labute approximate surface area is 142 Å². The lowest BCUT2D eigenvalue weighted by molar-refractivity contribution is 0.0676. The average molecular weight is 345 g/mol. The molecule has 24 heavy (non-hydrogen) atoms. The van der Waals surface area contributed by atoms with Gasteiger partial charge >= 0.3 is 0 Å². The van der Waals surface area contributed by atoms with Crippen molar-refractivity contribution < 1.29 is 5.11 Å². The van der Waals surface area contributed by atoms with Gasteiger partial charge in [-0.2, -0.15) is 5.10 Å². The van der Waals surface area contributed by atoms with Crippen LogP contribution in [0.4, 0.5) is 0 Å². The Hall–Kier alpha value is -2.03. The number of rotatable bonds is 3. The van der Waals surface area contributed by atoms with E-state index in [-0.39, 0.29) is 5.56 Å². The zero-order valence-corrected chi connectivity index (χ0v) is 14.4. The summed E-state index contributed by atoms with van der Waals surface area (Å²) in [5.74, 6) is 0.637. The number of fused-ring (bicyclic) bond motifs is 1. The molecule has 0 bridgehead atoms. The summed E-state index contributed by atoms with van der Waals surface area (Å²) in [6.45, 7) is 5.73. The summed E-state index contributed by atoms with van der Waals surface area (Å²) in [6.07, 6.45) is 2.50. The highest BCUT2D eigenvalue weighted by Gasteiger charge is 2.31. The Bertz CT molecular complexity index is 955. The van der Waals surface area contributed by atoms with Crippen molar-refractivity contribution in [3.05, 3.63) is 34.1 Å². The van der Waals surface area contributed by atoms with Gasteiger partial charge in [-0.05, 0) is 26.3 Å². The van der Waals surface area contributed by atoms with Crippen LogP contribution < -0.4 is 5.56 Å². The minimum Gasteiger partial charge on any atom is -0.389 e. The molecule has 0 aliphatic carbocycles. The Morgan fingerprint density at radius 2 is 2.33 bits per heavy atom. The second-order valence-corrected chi connectivity index (χ2v) is 7.76. The second kappa shape index (κ2) is 5.51. The molecular weight excluding hydrogens is 326 g/mol. The summed E-state index contributed by atoms with van der Waals surface area (Å²) >= 11 is 1.43. The molecule has 8 heteroatoms. The van der Waals surface area contributed by atoms with Crippen LogP contribution in [-0.2, 0) is 6.54 Å². The Morgan fingerprint density at radius 3 is 3.00 bits per heavy atom. The zero-order chi connectivity index (χ0) is 16.9. The molecule has 0 radical (unpaired) electrons. The summed E-state index contributed by atoms with van der Waals surface area (Å²) in [5, 5.41) is 17.0. The number of aliphatic hydroxyl groups is 1. The zero-order valence-electron chi connectivity index (χ0n) is 13.6. The highest BCUT2D eigenvalue weighted by Crippen LogP contribution is 2.32. The third-order valence-electron chi connectivity index (χ3n) is 4.43. The van der Waals surface area contributed by atoms with Crippen LogP contribution >= 0.6 is 11.3 Å². The number of aromatic amines is 2. The van der Waals surface area contributed by atoms with Gasteiger partial charge in [0, 0.05) is 29.2 Å². The van der Waals surface area contributed by atoms with Crippen molar-refractivity contribution in [3.8, 4) is 10.4 Å². The van der Waals surface area contributed by atoms with Crippen molar-refractivity contribution in [3.63, 3.8) is 0 Å². The summed E-state index contributed by atoms with van der Waals surface area (Å²) in [4.78, 5) is 23.0. The standard InChI is InChI=1S/C16H19N5O2S/c1-9-10(6-17-20-9)12-5-11-14(24-12)15(22)19-13(18-11)7-21-4-3-16(2,23)8-21/h5-6,23H,3-4,7-8H2,1-2H3,(H,17,20)(H,18,19,22). The largest absolute Gasteiger partial charge is 0.389 e. The van der Waals surface area contributed by atoms with Crippen LogP contribution in [0, 0.1) is 6.92 Å². The van der Waals surface area contributed by atoms with Crippen LogP contribution in [-0.4, -0.2) is 48.9 Å². The molecule has 1 aliphatic heterocycles. The maximum atomic E-state index is 12.4. The highest BCUT2D eigenvalue weighted by atomic mass is 32.1. The first kappa shape index (κ1) is 15.5. The maximum Gasteiger partial charge on any atom is 0.268 e. The van der Waals surface area contributed by atoms with E-state index in [1.54, 1.807) is 6.20 Å². The lowest BCUT2D eigenvalue weighted by Gasteiger charge is -2.18. The lowest BCUT2D eigenvalue weighted by Crippen LogP contribution is -2.30. The van der Waals surface area contributed by atoms with Gasteiger partial charge in [-0.3, -0.25) is 14.8 Å². The van der Waals surface area contributed by atoms with Gasteiger partial charge < -0.3 is 10.1 Å². The number of aryl methyl sites for hydroxylation is 1. The molecule has 0 aromatic carbocycles. The molecule has 1 unspecified atom stereocenters. The first-order valence-corrected chi connectivity index (χ1v) is 8.71. The number of β-amino-alcohol motifs (C(OH)–C–C–N with tert-alkyl or cyclic N) is 1. The summed E-state index contributed by atoms with van der Waals surface area (Å²) in [7, 11) is 0. The van der Waals surface area contributed by atoms with Crippen LogP contribution in [0.5, 0.6) is 0 Å². The van der Waals surface area contributed by atoms with Crippen molar-refractivity contribution in [1.29, 1.82) is 0 Å². The van der Waals surface area contributed by atoms with Gasteiger partial charge in [-0.25, -0.2) is 4.98 Å². The van der Waals surface area contributed by atoms with Crippen LogP contribution in [0.1, 0.15) is 24.9 Å². The number of hydrogen-bond acceptors (Lipinski definition) is 6. The highest BCUT2D eigenvalue weighted by molar-refractivity contribution is 7.22. The summed E-state index contributed by atoms with van der Waals surface area (Å²) < 4.78 is 0.628.